The Morgan fingerprint density at radius 2 is 1.81 bits per heavy atom. The Hall–Kier alpha value is -0.0800. The highest BCUT2D eigenvalue weighted by atomic mass is 15.1. The van der Waals surface area contributed by atoms with E-state index in [4.69, 9.17) is 0 Å². The molecule has 0 heterocycles. The summed E-state index contributed by atoms with van der Waals surface area (Å²) in [4.78, 5) is 2.57. The largest absolute Gasteiger partial charge is 0.312 e. The van der Waals surface area contributed by atoms with Crippen LogP contribution in [0.4, 0.5) is 0 Å². The SMILES string of the molecule is CC1CCCC1NCCN(C)C1CCCC1. The molecule has 1 N–H and O–H groups in total. The minimum absolute atomic E-state index is 0.803. The molecule has 2 saturated carbocycles. The maximum atomic E-state index is 3.74. The topological polar surface area (TPSA) is 15.3 Å². The van der Waals surface area contributed by atoms with Crippen LogP contribution in [-0.2, 0) is 0 Å². The molecule has 2 heteroatoms. The van der Waals surface area contributed by atoms with Gasteiger partial charge in [0.1, 0.15) is 0 Å². The quantitative estimate of drug-likeness (QED) is 0.772. The van der Waals surface area contributed by atoms with Crippen molar-refractivity contribution >= 4 is 0 Å². The lowest BCUT2D eigenvalue weighted by Gasteiger charge is -2.25. The van der Waals surface area contributed by atoms with Gasteiger partial charge in [-0.15, -0.1) is 0 Å². The van der Waals surface area contributed by atoms with Crippen LogP contribution in [0.15, 0.2) is 0 Å². The zero-order valence-electron chi connectivity index (χ0n) is 11.0. The molecule has 94 valence electrons. The van der Waals surface area contributed by atoms with Gasteiger partial charge in [-0.05, 0) is 38.6 Å². The fourth-order valence-electron chi connectivity index (χ4n) is 3.40. The van der Waals surface area contributed by atoms with Crippen LogP contribution in [0.3, 0.4) is 0 Å². The third-order valence-electron chi connectivity index (χ3n) is 4.68. The van der Waals surface area contributed by atoms with E-state index >= 15 is 0 Å². The number of nitrogens with zero attached hydrogens (tertiary/aromatic N) is 1. The maximum absolute atomic E-state index is 3.74. The summed E-state index contributed by atoms with van der Waals surface area (Å²) in [5, 5.41) is 3.74. The first kappa shape index (κ1) is 12.4. The molecule has 0 saturated heterocycles. The average molecular weight is 224 g/mol. The molecule has 0 aromatic carbocycles. The Morgan fingerprint density at radius 1 is 1.06 bits per heavy atom. The lowest BCUT2D eigenvalue weighted by Crippen LogP contribution is -2.39. The number of rotatable bonds is 5. The van der Waals surface area contributed by atoms with Gasteiger partial charge < -0.3 is 10.2 Å². The van der Waals surface area contributed by atoms with E-state index in [1.807, 2.05) is 0 Å². The molecule has 0 amide bonds. The Balaban J connectivity index is 1.59. The van der Waals surface area contributed by atoms with E-state index in [-0.39, 0.29) is 0 Å². The van der Waals surface area contributed by atoms with Gasteiger partial charge in [0.2, 0.25) is 0 Å². The fraction of sp³-hybridized carbons (Fsp3) is 1.00. The zero-order valence-corrected chi connectivity index (χ0v) is 11.0. The van der Waals surface area contributed by atoms with Gasteiger partial charge in [-0.1, -0.05) is 26.2 Å². The van der Waals surface area contributed by atoms with Gasteiger partial charge in [-0.2, -0.15) is 0 Å². The molecule has 2 unspecified atom stereocenters. The van der Waals surface area contributed by atoms with Gasteiger partial charge in [0.15, 0.2) is 0 Å². The van der Waals surface area contributed by atoms with Crippen LogP contribution in [0.25, 0.3) is 0 Å². The molecule has 2 fully saturated rings. The van der Waals surface area contributed by atoms with Crippen LogP contribution in [0, 0.1) is 5.92 Å². The van der Waals surface area contributed by atoms with E-state index in [1.165, 1.54) is 58.0 Å². The molecular weight excluding hydrogens is 196 g/mol. The highest BCUT2D eigenvalue weighted by Gasteiger charge is 2.23. The Kier molecular flexibility index (Phi) is 4.66. The van der Waals surface area contributed by atoms with Crippen LogP contribution in [0.1, 0.15) is 51.9 Å². The van der Waals surface area contributed by atoms with Crippen molar-refractivity contribution < 1.29 is 0 Å². The molecular formula is C14H28N2. The monoisotopic (exact) mass is 224 g/mol. The second kappa shape index (κ2) is 6.02. The molecule has 0 spiro atoms. The Labute approximate surface area is 101 Å². The summed E-state index contributed by atoms with van der Waals surface area (Å²) in [5.41, 5.74) is 0. The van der Waals surface area contributed by atoms with Gasteiger partial charge in [0.05, 0.1) is 0 Å². The molecule has 2 rings (SSSR count). The van der Waals surface area contributed by atoms with E-state index in [0.717, 1.165) is 18.0 Å². The zero-order chi connectivity index (χ0) is 11.4. The van der Waals surface area contributed by atoms with Crippen molar-refractivity contribution in [3.8, 4) is 0 Å². The first-order valence-corrected chi connectivity index (χ1v) is 7.21. The summed E-state index contributed by atoms with van der Waals surface area (Å²) in [6, 6.07) is 1.68. The molecule has 0 aliphatic heterocycles. The first-order valence-electron chi connectivity index (χ1n) is 7.21. The van der Waals surface area contributed by atoms with Crippen molar-refractivity contribution in [3.63, 3.8) is 0 Å². The van der Waals surface area contributed by atoms with Crippen LogP contribution in [0.5, 0.6) is 0 Å². The Bertz CT molecular complexity index is 199. The smallest absolute Gasteiger partial charge is 0.0107 e. The summed E-state index contributed by atoms with van der Waals surface area (Å²) in [6.45, 7) is 4.81. The Morgan fingerprint density at radius 3 is 2.44 bits per heavy atom. The van der Waals surface area contributed by atoms with E-state index in [0.29, 0.717) is 0 Å². The minimum atomic E-state index is 0.803. The normalized spacial score (nSPS) is 31.7. The predicted octanol–water partition coefficient (Wildman–Crippen LogP) is 2.64. The van der Waals surface area contributed by atoms with Crippen LogP contribution in [0.2, 0.25) is 0 Å². The van der Waals surface area contributed by atoms with E-state index in [9.17, 15) is 0 Å². The van der Waals surface area contributed by atoms with Crippen molar-refractivity contribution in [2.75, 3.05) is 20.1 Å². The summed E-state index contributed by atoms with van der Waals surface area (Å²) in [5.74, 6) is 0.900. The van der Waals surface area contributed by atoms with Crippen molar-refractivity contribution in [1.29, 1.82) is 0 Å². The average Bonchev–Trinajstić information content (AvgIpc) is 2.90. The van der Waals surface area contributed by atoms with Gasteiger partial charge in [0, 0.05) is 25.2 Å². The second-order valence-corrected chi connectivity index (χ2v) is 5.89. The van der Waals surface area contributed by atoms with Crippen molar-refractivity contribution in [3.05, 3.63) is 0 Å². The van der Waals surface area contributed by atoms with Gasteiger partial charge in [0.25, 0.3) is 0 Å². The lowest BCUT2D eigenvalue weighted by molar-refractivity contribution is 0.239. The van der Waals surface area contributed by atoms with Crippen molar-refractivity contribution in [2.24, 2.45) is 5.92 Å². The van der Waals surface area contributed by atoms with E-state index in [1.54, 1.807) is 0 Å². The molecule has 2 aliphatic carbocycles. The third-order valence-corrected chi connectivity index (χ3v) is 4.68. The van der Waals surface area contributed by atoms with Crippen LogP contribution < -0.4 is 5.32 Å². The van der Waals surface area contributed by atoms with E-state index < -0.39 is 0 Å². The first-order chi connectivity index (χ1) is 7.77. The lowest BCUT2D eigenvalue weighted by atomic mass is 10.1. The number of likely N-dealkylation sites (N-methyl/N-ethyl adjacent to an activating group) is 1. The molecule has 0 aromatic rings. The predicted molar refractivity (Wildman–Crippen MR) is 69.7 cm³/mol. The van der Waals surface area contributed by atoms with Gasteiger partial charge in [-0.3, -0.25) is 0 Å². The maximum Gasteiger partial charge on any atom is 0.0107 e. The van der Waals surface area contributed by atoms with Crippen molar-refractivity contribution in [1.82, 2.24) is 10.2 Å². The van der Waals surface area contributed by atoms with Gasteiger partial charge >= 0.3 is 0 Å². The highest BCUT2D eigenvalue weighted by molar-refractivity contribution is 4.81. The summed E-state index contributed by atoms with van der Waals surface area (Å²) in [7, 11) is 2.30. The third kappa shape index (κ3) is 3.21. The number of nitrogens with one attached hydrogen (secondary N) is 1. The van der Waals surface area contributed by atoms with Crippen molar-refractivity contribution in [2.45, 2.75) is 64.0 Å². The molecule has 2 atom stereocenters. The highest BCUT2D eigenvalue weighted by Crippen LogP contribution is 2.25. The standard InChI is InChI=1S/C14H28N2/c1-12-6-5-9-14(12)15-10-11-16(2)13-7-3-4-8-13/h12-15H,3-11H2,1-2H3. The summed E-state index contributed by atoms with van der Waals surface area (Å²) >= 11 is 0. The minimum Gasteiger partial charge on any atom is -0.312 e. The number of hydrogen-bond donors (Lipinski definition) is 1. The van der Waals surface area contributed by atoms with Gasteiger partial charge in [-0.25, -0.2) is 0 Å². The molecule has 2 aliphatic rings. The molecule has 0 aromatic heterocycles. The molecule has 16 heavy (non-hydrogen) atoms. The summed E-state index contributed by atoms with van der Waals surface area (Å²) < 4.78 is 0. The fourth-order valence-corrected chi connectivity index (χ4v) is 3.40. The van der Waals surface area contributed by atoms with E-state index in [2.05, 4.69) is 24.2 Å². The number of hydrogen-bond acceptors (Lipinski definition) is 2. The van der Waals surface area contributed by atoms with Crippen LogP contribution in [-0.4, -0.2) is 37.1 Å². The second-order valence-electron chi connectivity index (χ2n) is 5.89. The van der Waals surface area contributed by atoms with Crippen LogP contribution >= 0.6 is 0 Å². The molecule has 2 nitrogen and oxygen atoms in total. The molecule has 0 radical (unpaired) electrons. The summed E-state index contributed by atoms with van der Waals surface area (Å²) in [6.07, 6.45) is 10.00. The molecule has 0 bridgehead atoms.